The Hall–Kier alpha value is -2.97. The highest BCUT2D eigenvalue weighted by atomic mass is 19.1. The van der Waals surface area contributed by atoms with Gasteiger partial charge in [-0.3, -0.25) is 14.5 Å². The largest absolute Gasteiger partial charge is 0.349 e. The van der Waals surface area contributed by atoms with Gasteiger partial charge in [0, 0.05) is 19.8 Å². The van der Waals surface area contributed by atoms with Crippen molar-refractivity contribution in [3.8, 4) is 0 Å². The highest BCUT2D eigenvalue weighted by Gasteiger charge is 2.06. The molecule has 0 atom stereocenters. The number of carbonyl (C=O) groups is 1. The maximum atomic E-state index is 12.8. The van der Waals surface area contributed by atoms with Crippen molar-refractivity contribution in [2.24, 2.45) is 12.0 Å². The molecule has 2 aromatic rings. The zero-order valence-corrected chi connectivity index (χ0v) is 12.9. The Labute approximate surface area is 132 Å². The first-order valence-corrected chi connectivity index (χ1v) is 6.91. The molecule has 1 aromatic heterocycles. The van der Waals surface area contributed by atoms with Gasteiger partial charge < -0.3 is 16.0 Å². The Morgan fingerprint density at radius 3 is 2.65 bits per heavy atom. The summed E-state index contributed by atoms with van der Waals surface area (Å²) in [6, 6.07) is 5.55. The zero-order chi connectivity index (χ0) is 16.7. The van der Waals surface area contributed by atoms with Crippen molar-refractivity contribution in [2.75, 3.05) is 18.9 Å². The summed E-state index contributed by atoms with van der Waals surface area (Å²) in [5, 5.41) is 12.5. The molecule has 1 amide bonds. The van der Waals surface area contributed by atoms with Crippen LogP contribution in [0, 0.1) is 5.82 Å². The number of rotatable bonds is 5. The van der Waals surface area contributed by atoms with Gasteiger partial charge in [-0.05, 0) is 24.3 Å². The molecule has 9 heteroatoms. The zero-order valence-electron chi connectivity index (χ0n) is 12.9. The Bertz CT molecular complexity index is 681. The second kappa shape index (κ2) is 7.87. The lowest BCUT2D eigenvalue weighted by Crippen LogP contribution is -2.41. The molecule has 8 nitrogen and oxygen atoms in total. The van der Waals surface area contributed by atoms with E-state index < -0.39 is 0 Å². The summed E-state index contributed by atoms with van der Waals surface area (Å²) in [6.07, 6.45) is 1.46. The number of hydrogen-bond acceptors (Lipinski definition) is 4. The molecule has 1 heterocycles. The van der Waals surface area contributed by atoms with E-state index in [0.29, 0.717) is 18.2 Å². The maximum absolute atomic E-state index is 12.8. The number of aryl methyl sites for hydroxylation is 1. The van der Waals surface area contributed by atoms with Crippen molar-refractivity contribution in [2.45, 2.75) is 6.54 Å². The third kappa shape index (κ3) is 5.06. The minimum atomic E-state index is -0.352. The lowest BCUT2D eigenvalue weighted by atomic mass is 10.3. The molecule has 1 aromatic carbocycles. The predicted molar refractivity (Wildman–Crippen MR) is 84.2 cm³/mol. The molecule has 0 saturated carbocycles. The van der Waals surface area contributed by atoms with Gasteiger partial charge in [0.25, 0.3) is 0 Å². The predicted octanol–water partition coefficient (Wildman–Crippen LogP) is 0.258. The van der Waals surface area contributed by atoms with Gasteiger partial charge in [0.15, 0.2) is 5.96 Å². The molecule has 23 heavy (non-hydrogen) atoms. The Balaban J connectivity index is 1.77. The molecule has 3 N–H and O–H groups in total. The van der Waals surface area contributed by atoms with Gasteiger partial charge in [-0.15, -0.1) is 0 Å². The summed E-state index contributed by atoms with van der Waals surface area (Å²) >= 11 is 0. The van der Waals surface area contributed by atoms with Crippen molar-refractivity contribution in [3.05, 3.63) is 42.2 Å². The average Bonchev–Trinajstić information content (AvgIpc) is 2.95. The summed E-state index contributed by atoms with van der Waals surface area (Å²) in [4.78, 5) is 19.9. The molecule has 2 rings (SSSR count). The fourth-order valence-electron chi connectivity index (χ4n) is 1.77. The van der Waals surface area contributed by atoms with Crippen LogP contribution < -0.4 is 16.0 Å². The van der Waals surface area contributed by atoms with E-state index in [1.165, 1.54) is 30.6 Å². The van der Waals surface area contributed by atoms with E-state index in [1.54, 1.807) is 18.8 Å². The van der Waals surface area contributed by atoms with Crippen molar-refractivity contribution in [1.29, 1.82) is 0 Å². The normalized spacial score (nSPS) is 11.2. The van der Waals surface area contributed by atoms with Crippen molar-refractivity contribution < 1.29 is 9.18 Å². The lowest BCUT2D eigenvalue weighted by Gasteiger charge is -2.11. The quantitative estimate of drug-likeness (QED) is 0.542. The number of halogens is 1. The number of amides is 1. The molecule has 0 unspecified atom stereocenters. The lowest BCUT2D eigenvalue weighted by molar-refractivity contribution is -0.115. The minimum Gasteiger partial charge on any atom is -0.349 e. The average molecular weight is 319 g/mol. The fourth-order valence-corrected chi connectivity index (χ4v) is 1.77. The first-order chi connectivity index (χ1) is 11.1. The summed E-state index contributed by atoms with van der Waals surface area (Å²) in [5.74, 6) is 0.582. The Morgan fingerprint density at radius 1 is 1.30 bits per heavy atom. The van der Waals surface area contributed by atoms with Gasteiger partial charge in [0.2, 0.25) is 5.91 Å². The number of aromatic nitrogens is 3. The standard InChI is InChI=1S/C14H18FN7O/c1-16-14(17-7-12-19-9-20-22(12)2)18-8-13(23)21-11-5-3-10(15)4-6-11/h3-6,9H,7-8H2,1-2H3,(H,21,23)(H2,16,17,18). The van der Waals surface area contributed by atoms with Crippen LogP contribution in [0.4, 0.5) is 10.1 Å². The van der Waals surface area contributed by atoms with E-state index in [2.05, 4.69) is 31.0 Å². The van der Waals surface area contributed by atoms with E-state index in [1.807, 2.05) is 0 Å². The van der Waals surface area contributed by atoms with E-state index in [-0.39, 0.29) is 18.3 Å². The van der Waals surface area contributed by atoms with Crippen LogP contribution in [0.15, 0.2) is 35.6 Å². The van der Waals surface area contributed by atoms with Crippen molar-refractivity contribution in [1.82, 2.24) is 25.4 Å². The van der Waals surface area contributed by atoms with Gasteiger partial charge >= 0.3 is 0 Å². The Morgan fingerprint density at radius 2 is 2.04 bits per heavy atom. The first-order valence-electron chi connectivity index (χ1n) is 6.91. The molecule has 0 saturated heterocycles. The number of carbonyl (C=O) groups excluding carboxylic acids is 1. The monoisotopic (exact) mass is 319 g/mol. The van der Waals surface area contributed by atoms with Crippen LogP contribution in [0.2, 0.25) is 0 Å². The van der Waals surface area contributed by atoms with E-state index in [9.17, 15) is 9.18 Å². The summed E-state index contributed by atoms with van der Waals surface area (Å²) in [6.45, 7) is 0.450. The van der Waals surface area contributed by atoms with Crippen LogP contribution in [-0.2, 0) is 18.4 Å². The SMILES string of the molecule is CN=C(NCC(=O)Nc1ccc(F)cc1)NCc1ncnn1C. The number of aliphatic imine (C=N–C) groups is 1. The van der Waals surface area contributed by atoms with Gasteiger partial charge in [0.05, 0.1) is 13.1 Å². The summed E-state index contributed by atoms with van der Waals surface area (Å²) in [5.41, 5.74) is 0.528. The van der Waals surface area contributed by atoms with E-state index in [4.69, 9.17) is 0 Å². The van der Waals surface area contributed by atoms with Crippen molar-refractivity contribution in [3.63, 3.8) is 0 Å². The molecule has 122 valence electrons. The summed E-state index contributed by atoms with van der Waals surface area (Å²) in [7, 11) is 3.39. The number of guanidine groups is 1. The minimum absolute atomic E-state index is 0.0237. The van der Waals surface area contributed by atoms with Gasteiger partial charge in [-0.1, -0.05) is 0 Å². The van der Waals surface area contributed by atoms with Gasteiger partial charge in [-0.25, -0.2) is 9.37 Å². The molecular weight excluding hydrogens is 301 g/mol. The third-order valence-corrected chi connectivity index (χ3v) is 2.99. The number of hydrogen-bond donors (Lipinski definition) is 3. The van der Waals surface area contributed by atoms with E-state index in [0.717, 1.165) is 5.82 Å². The van der Waals surface area contributed by atoms with Crippen LogP contribution in [0.5, 0.6) is 0 Å². The summed E-state index contributed by atoms with van der Waals surface area (Å²) < 4.78 is 14.4. The van der Waals surface area contributed by atoms with Crippen LogP contribution in [0.25, 0.3) is 0 Å². The van der Waals surface area contributed by atoms with Crippen LogP contribution in [0.1, 0.15) is 5.82 Å². The topological polar surface area (TPSA) is 96.2 Å². The van der Waals surface area contributed by atoms with Crippen LogP contribution >= 0.6 is 0 Å². The molecular formula is C14H18FN7O. The third-order valence-electron chi connectivity index (χ3n) is 2.99. The molecule has 0 aliphatic rings. The molecule has 0 radical (unpaired) electrons. The van der Waals surface area contributed by atoms with Crippen LogP contribution in [-0.4, -0.2) is 40.2 Å². The fraction of sp³-hybridized carbons (Fsp3) is 0.286. The first kappa shape index (κ1) is 16.4. The van der Waals surface area contributed by atoms with Gasteiger partial charge in [-0.2, -0.15) is 5.10 Å². The molecule has 0 spiro atoms. The second-order valence-corrected chi connectivity index (χ2v) is 4.63. The number of nitrogens with one attached hydrogen (secondary N) is 3. The highest BCUT2D eigenvalue weighted by Crippen LogP contribution is 2.07. The molecule has 0 fully saturated rings. The second-order valence-electron chi connectivity index (χ2n) is 4.63. The highest BCUT2D eigenvalue weighted by molar-refractivity contribution is 5.94. The molecule has 0 aliphatic carbocycles. The molecule has 0 aliphatic heterocycles. The smallest absolute Gasteiger partial charge is 0.243 e. The van der Waals surface area contributed by atoms with Crippen LogP contribution in [0.3, 0.4) is 0 Å². The maximum Gasteiger partial charge on any atom is 0.243 e. The number of benzene rings is 1. The number of anilines is 1. The Kier molecular flexibility index (Phi) is 5.61. The number of nitrogens with zero attached hydrogens (tertiary/aromatic N) is 4. The van der Waals surface area contributed by atoms with Gasteiger partial charge in [0.1, 0.15) is 18.0 Å². The van der Waals surface area contributed by atoms with Crippen molar-refractivity contribution >= 4 is 17.6 Å². The molecule has 0 bridgehead atoms. The van der Waals surface area contributed by atoms with E-state index >= 15 is 0 Å².